The first kappa shape index (κ1) is 13.0. The zero-order chi connectivity index (χ0) is 10.6. The van der Waals surface area contributed by atoms with Crippen molar-refractivity contribution in [2.24, 2.45) is 0 Å². The van der Waals surface area contributed by atoms with Crippen LogP contribution in [0.1, 0.15) is 46.5 Å². The third-order valence-electron chi connectivity index (χ3n) is 1.92. The maximum absolute atomic E-state index is 3.11. The largest absolute Gasteiger partial charge is 0.130 e. The van der Waals surface area contributed by atoms with Crippen molar-refractivity contribution in [3.05, 3.63) is 41.7 Å². The van der Waals surface area contributed by atoms with Crippen LogP contribution < -0.4 is 0 Å². The van der Waals surface area contributed by atoms with Gasteiger partial charge in [0.15, 0.2) is 0 Å². The van der Waals surface area contributed by atoms with Crippen LogP contribution in [0.4, 0.5) is 0 Å². The van der Waals surface area contributed by atoms with Gasteiger partial charge in [-0.15, -0.1) is 5.73 Å². The minimum atomic E-state index is 1.03. The highest BCUT2D eigenvalue weighted by atomic mass is 14.0. The lowest BCUT2D eigenvalue weighted by atomic mass is 10.1. The summed E-state index contributed by atoms with van der Waals surface area (Å²) in [6.45, 7) is 6.37. The van der Waals surface area contributed by atoms with Gasteiger partial charge in [-0.1, -0.05) is 44.1 Å². The molecule has 0 amide bonds. The third kappa shape index (κ3) is 7.64. The number of hydrogen-bond donors (Lipinski definition) is 0. The minimum absolute atomic E-state index is 1.03. The Bertz CT molecular complexity index is 235. The second kappa shape index (κ2) is 10.1. The molecule has 0 aliphatic heterocycles. The van der Waals surface area contributed by atoms with Crippen LogP contribution in [0, 0.1) is 0 Å². The van der Waals surface area contributed by atoms with Crippen LogP contribution in [0.15, 0.2) is 41.7 Å². The molecule has 0 heteroatoms. The van der Waals surface area contributed by atoms with Gasteiger partial charge in [-0.3, -0.25) is 0 Å². The smallest absolute Gasteiger partial charge is 0.00596 e. The first-order valence-electron chi connectivity index (χ1n) is 5.55. The molecule has 0 fully saturated rings. The van der Waals surface area contributed by atoms with Gasteiger partial charge in [0.05, 0.1) is 0 Å². The lowest BCUT2D eigenvalue weighted by molar-refractivity contribution is 0.880. The standard InChI is InChI=1S/C14H22/c1-4-7-9-12-14(11-6-3)13-10-8-5-2/h4,8-10,13H,5-6,11-12H2,1-3H3. The summed E-state index contributed by atoms with van der Waals surface area (Å²) in [5.41, 5.74) is 4.60. The van der Waals surface area contributed by atoms with E-state index in [1.165, 1.54) is 18.4 Å². The zero-order valence-electron chi connectivity index (χ0n) is 9.72. The summed E-state index contributed by atoms with van der Waals surface area (Å²) in [7, 11) is 0. The van der Waals surface area contributed by atoms with Gasteiger partial charge in [-0.2, -0.15) is 0 Å². The Morgan fingerprint density at radius 3 is 2.64 bits per heavy atom. The van der Waals surface area contributed by atoms with Crippen molar-refractivity contribution in [1.29, 1.82) is 0 Å². The molecule has 0 heterocycles. The average molecular weight is 190 g/mol. The van der Waals surface area contributed by atoms with Crippen LogP contribution in [-0.4, -0.2) is 0 Å². The second-order valence-electron chi connectivity index (χ2n) is 3.27. The van der Waals surface area contributed by atoms with Crippen molar-refractivity contribution in [3.63, 3.8) is 0 Å². The second-order valence-corrected chi connectivity index (χ2v) is 3.27. The lowest BCUT2D eigenvalue weighted by Gasteiger charge is -1.99. The Morgan fingerprint density at radius 1 is 1.29 bits per heavy atom. The van der Waals surface area contributed by atoms with E-state index < -0.39 is 0 Å². The van der Waals surface area contributed by atoms with E-state index in [9.17, 15) is 0 Å². The topological polar surface area (TPSA) is 0 Å². The van der Waals surface area contributed by atoms with Crippen LogP contribution in [0.2, 0.25) is 0 Å². The lowest BCUT2D eigenvalue weighted by Crippen LogP contribution is -1.79. The fraction of sp³-hybridized carbons (Fsp3) is 0.500. The Labute approximate surface area is 88.7 Å². The zero-order valence-corrected chi connectivity index (χ0v) is 9.72. The minimum Gasteiger partial charge on any atom is -0.130 e. The number of rotatable bonds is 6. The van der Waals surface area contributed by atoms with Gasteiger partial charge in [-0.25, -0.2) is 0 Å². The van der Waals surface area contributed by atoms with Crippen LogP contribution in [0.3, 0.4) is 0 Å². The van der Waals surface area contributed by atoms with Crippen molar-refractivity contribution in [2.75, 3.05) is 0 Å². The maximum atomic E-state index is 3.11. The van der Waals surface area contributed by atoms with E-state index in [1.54, 1.807) is 0 Å². The van der Waals surface area contributed by atoms with Crippen molar-refractivity contribution >= 4 is 0 Å². The van der Waals surface area contributed by atoms with Crippen LogP contribution >= 0.6 is 0 Å². The molecule has 0 unspecified atom stereocenters. The highest BCUT2D eigenvalue weighted by Gasteiger charge is 1.90. The van der Waals surface area contributed by atoms with Crippen molar-refractivity contribution in [1.82, 2.24) is 0 Å². The van der Waals surface area contributed by atoms with Crippen molar-refractivity contribution in [2.45, 2.75) is 46.5 Å². The Balaban J connectivity index is 4.19. The highest BCUT2D eigenvalue weighted by molar-refractivity contribution is 5.15. The van der Waals surface area contributed by atoms with Gasteiger partial charge in [0.1, 0.15) is 0 Å². The van der Waals surface area contributed by atoms with E-state index in [2.05, 4.69) is 43.9 Å². The van der Waals surface area contributed by atoms with Gasteiger partial charge < -0.3 is 0 Å². The summed E-state index contributed by atoms with van der Waals surface area (Å²) < 4.78 is 0. The molecule has 0 atom stereocenters. The van der Waals surface area contributed by atoms with E-state index in [4.69, 9.17) is 0 Å². The Kier molecular flexibility index (Phi) is 9.36. The molecule has 0 aromatic rings. The average Bonchev–Trinajstić information content (AvgIpc) is 2.18. The van der Waals surface area contributed by atoms with Gasteiger partial charge in [-0.05, 0) is 38.3 Å². The van der Waals surface area contributed by atoms with Gasteiger partial charge in [0.2, 0.25) is 0 Å². The van der Waals surface area contributed by atoms with Gasteiger partial charge >= 0.3 is 0 Å². The predicted molar refractivity (Wildman–Crippen MR) is 65.4 cm³/mol. The number of allylic oxidation sites excluding steroid dienone is 5. The Hall–Kier alpha value is -1.00. The summed E-state index contributed by atoms with van der Waals surface area (Å²) in [5.74, 6) is 0. The normalized spacial score (nSPS) is 11.5. The van der Waals surface area contributed by atoms with E-state index in [0.717, 1.165) is 12.8 Å². The van der Waals surface area contributed by atoms with E-state index in [-0.39, 0.29) is 0 Å². The molecule has 0 bridgehead atoms. The maximum Gasteiger partial charge on any atom is -0.00596 e. The summed E-state index contributed by atoms with van der Waals surface area (Å²) in [6, 6.07) is 0. The summed E-state index contributed by atoms with van der Waals surface area (Å²) in [6.07, 6.45) is 15.2. The summed E-state index contributed by atoms with van der Waals surface area (Å²) in [5, 5.41) is 0. The van der Waals surface area contributed by atoms with E-state index >= 15 is 0 Å². The predicted octanol–water partition coefficient (Wildman–Crippen LogP) is 4.80. The highest BCUT2D eigenvalue weighted by Crippen LogP contribution is 2.10. The summed E-state index contributed by atoms with van der Waals surface area (Å²) >= 11 is 0. The molecule has 0 nitrogen and oxygen atoms in total. The molecule has 0 aromatic heterocycles. The molecular formula is C14H22. The van der Waals surface area contributed by atoms with E-state index in [0.29, 0.717) is 0 Å². The van der Waals surface area contributed by atoms with Gasteiger partial charge in [0, 0.05) is 0 Å². The number of hydrogen-bond acceptors (Lipinski definition) is 0. The summed E-state index contributed by atoms with van der Waals surface area (Å²) in [4.78, 5) is 0. The van der Waals surface area contributed by atoms with Gasteiger partial charge in [0.25, 0.3) is 0 Å². The van der Waals surface area contributed by atoms with Crippen molar-refractivity contribution < 1.29 is 0 Å². The molecule has 0 N–H and O–H groups in total. The molecule has 0 radical (unpaired) electrons. The van der Waals surface area contributed by atoms with Crippen LogP contribution in [0.5, 0.6) is 0 Å². The van der Waals surface area contributed by atoms with Crippen LogP contribution in [0.25, 0.3) is 0 Å². The molecule has 0 saturated carbocycles. The molecule has 0 aliphatic carbocycles. The monoisotopic (exact) mass is 190 g/mol. The van der Waals surface area contributed by atoms with Crippen molar-refractivity contribution in [3.8, 4) is 0 Å². The molecule has 0 rings (SSSR count). The molecule has 14 heavy (non-hydrogen) atoms. The molecule has 0 aliphatic rings. The quantitative estimate of drug-likeness (QED) is 0.417. The fourth-order valence-electron chi connectivity index (χ4n) is 1.22. The SMILES string of the molecule is CC=C=CCC(=CC=CCC)CCC. The van der Waals surface area contributed by atoms with Crippen LogP contribution in [-0.2, 0) is 0 Å². The molecule has 0 saturated heterocycles. The fourth-order valence-corrected chi connectivity index (χ4v) is 1.22. The molecular weight excluding hydrogens is 168 g/mol. The first-order chi connectivity index (χ1) is 6.85. The first-order valence-corrected chi connectivity index (χ1v) is 5.55. The molecule has 0 spiro atoms. The molecule has 78 valence electrons. The third-order valence-corrected chi connectivity index (χ3v) is 1.92. The Morgan fingerprint density at radius 2 is 2.07 bits per heavy atom. The van der Waals surface area contributed by atoms with E-state index in [1.807, 2.05) is 13.0 Å². The molecule has 0 aromatic carbocycles.